The molecule has 0 bridgehead atoms. The molecule has 2 aromatic heterocycles. The van der Waals surface area contributed by atoms with Gasteiger partial charge in [-0.05, 0) is 56.2 Å². The maximum absolute atomic E-state index is 12.4. The Balaban J connectivity index is 1.43. The number of rotatable bonds is 6. The van der Waals surface area contributed by atoms with Gasteiger partial charge >= 0.3 is 6.03 Å². The van der Waals surface area contributed by atoms with Gasteiger partial charge in [0, 0.05) is 29.8 Å². The molecule has 0 aliphatic rings. The number of ether oxygens (including phenoxy) is 1. The van der Waals surface area contributed by atoms with Gasteiger partial charge in [-0.3, -0.25) is 4.57 Å². The first-order valence-electron chi connectivity index (χ1n) is 10.3. The van der Waals surface area contributed by atoms with Crippen molar-refractivity contribution >= 4 is 17.4 Å². The van der Waals surface area contributed by atoms with Gasteiger partial charge in [-0.2, -0.15) is 4.98 Å². The van der Waals surface area contributed by atoms with E-state index in [1.807, 2.05) is 48.9 Å². The third-order valence-electron chi connectivity index (χ3n) is 4.85. The Morgan fingerprint density at radius 3 is 2.53 bits per heavy atom. The largest absolute Gasteiger partial charge is 0.439 e. The molecule has 0 atom stereocenters. The van der Waals surface area contributed by atoms with Crippen LogP contribution in [0.5, 0.6) is 11.6 Å². The van der Waals surface area contributed by atoms with E-state index in [4.69, 9.17) is 4.74 Å². The quantitative estimate of drug-likeness (QED) is 0.436. The molecule has 8 heteroatoms. The lowest BCUT2D eigenvalue weighted by Crippen LogP contribution is -2.20. The van der Waals surface area contributed by atoms with Crippen molar-refractivity contribution in [1.29, 1.82) is 0 Å². The summed E-state index contributed by atoms with van der Waals surface area (Å²) in [6.07, 6.45) is 4.40. The summed E-state index contributed by atoms with van der Waals surface area (Å²) < 4.78 is 7.78. The Morgan fingerprint density at radius 2 is 1.81 bits per heavy atom. The van der Waals surface area contributed by atoms with E-state index in [0.717, 1.165) is 23.5 Å². The molecule has 32 heavy (non-hydrogen) atoms. The van der Waals surface area contributed by atoms with Gasteiger partial charge < -0.3 is 15.4 Å². The number of benzene rings is 2. The normalized spacial score (nSPS) is 10.6. The van der Waals surface area contributed by atoms with E-state index in [9.17, 15) is 4.79 Å². The van der Waals surface area contributed by atoms with Crippen LogP contribution in [-0.4, -0.2) is 25.6 Å². The first-order chi connectivity index (χ1) is 15.5. The Bertz CT molecular complexity index is 1230. The van der Waals surface area contributed by atoms with Crippen molar-refractivity contribution in [3.8, 4) is 17.4 Å². The SMILES string of the molecule is CCc1ccccc1NC(=O)Nc1ccc(Oc2cc(-n3ccnc3C)nc(C)n2)cc1. The maximum Gasteiger partial charge on any atom is 0.323 e. The molecule has 0 aliphatic carbocycles. The van der Waals surface area contributed by atoms with Crippen LogP contribution in [0.15, 0.2) is 67.0 Å². The number of carbonyl (C=O) groups is 1. The number of carbonyl (C=O) groups excluding carboxylic acids is 1. The topological polar surface area (TPSA) is 94.0 Å². The van der Waals surface area contributed by atoms with E-state index >= 15 is 0 Å². The molecular weight excluding hydrogens is 404 g/mol. The third-order valence-corrected chi connectivity index (χ3v) is 4.85. The van der Waals surface area contributed by atoms with Crippen LogP contribution in [0.1, 0.15) is 24.1 Å². The molecule has 0 unspecified atom stereocenters. The van der Waals surface area contributed by atoms with E-state index in [1.54, 1.807) is 36.5 Å². The summed E-state index contributed by atoms with van der Waals surface area (Å²) in [4.78, 5) is 25.4. The minimum atomic E-state index is -0.300. The second-order valence-corrected chi connectivity index (χ2v) is 7.17. The van der Waals surface area contributed by atoms with Gasteiger partial charge in [0.2, 0.25) is 5.88 Å². The number of urea groups is 1. The number of para-hydroxylation sites is 1. The number of aryl methyl sites for hydroxylation is 3. The highest BCUT2D eigenvalue weighted by atomic mass is 16.5. The van der Waals surface area contributed by atoms with Gasteiger partial charge in [0.15, 0.2) is 0 Å². The van der Waals surface area contributed by atoms with Gasteiger partial charge in [-0.1, -0.05) is 25.1 Å². The molecule has 0 fully saturated rings. The molecule has 0 aliphatic heterocycles. The Labute approximate surface area is 186 Å². The molecule has 2 aromatic carbocycles. The van der Waals surface area contributed by atoms with E-state index < -0.39 is 0 Å². The standard InChI is InChI=1S/C24H24N6O2/c1-4-18-7-5-6-8-21(18)29-24(31)28-19-9-11-20(12-10-19)32-23-15-22(26-16(2)27-23)30-14-13-25-17(30)3/h5-15H,4H2,1-3H3,(H2,28,29,31). The fourth-order valence-corrected chi connectivity index (χ4v) is 3.28. The van der Waals surface area contributed by atoms with Crippen LogP contribution in [-0.2, 0) is 6.42 Å². The number of aromatic nitrogens is 4. The predicted molar refractivity (Wildman–Crippen MR) is 124 cm³/mol. The Hall–Kier alpha value is -4.20. The molecule has 2 amide bonds. The molecule has 0 spiro atoms. The average Bonchev–Trinajstić information content (AvgIpc) is 3.21. The number of hydrogen-bond donors (Lipinski definition) is 2. The molecule has 8 nitrogen and oxygen atoms in total. The highest BCUT2D eigenvalue weighted by Gasteiger charge is 2.09. The minimum Gasteiger partial charge on any atom is -0.439 e. The van der Waals surface area contributed by atoms with Gasteiger partial charge in [-0.25, -0.2) is 14.8 Å². The third kappa shape index (κ3) is 4.92. The molecular formula is C24H24N6O2. The number of hydrogen-bond acceptors (Lipinski definition) is 5. The zero-order valence-electron chi connectivity index (χ0n) is 18.2. The van der Waals surface area contributed by atoms with Crippen molar-refractivity contribution in [2.45, 2.75) is 27.2 Å². The van der Waals surface area contributed by atoms with Crippen LogP contribution < -0.4 is 15.4 Å². The highest BCUT2D eigenvalue weighted by Crippen LogP contribution is 2.24. The molecule has 2 N–H and O–H groups in total. The lowest BCUT2D eigenvalue weighted by atomic mass is 10.1. The molecule has 4 rings (SSSR count). The highest BCUT2D eigenvalue weighted by molar-refractivity contribution is 6.00. The number of amides is 2. The molecule has 0 saturated heterocycles. The zero-order valence-corrected chi connectivity index (χ0v) is 18.2. The second-order valence-electron chi connectivity index (χ2n) is 7.17. The zero-order chi connectivity index (χ0) is 22.5. The monoisotopic (exact) mass is 428 g/mol. The van der Waals surface area contributed by atoms with Crippen LogP contribution in [0.25, 0.3) is 5.82 Å². The van der Waals surface area contributed by atoms with Gasteiger partial charge in [0.1, 0.15) is 23.2 Å². The number of nitrogens with one attached hydrogen (secondary N) is 2. The smallest absolute Gasteiger partial charge is 0.323 e. The first-order valence-corrected chi connectivity index (χ1v) is 10.3. The molecule has 162 valence electrons. The van der Waals surface area contributed by atoms with Gasteiger partial charge in [0.05, 0.1) is 0 Å². The maximum atomic E-state index is 12.4. The second kappa shape index (κ2) is 9.30. The van der Waals surface area contributed by atoms with E-state index in [2.05, 4.69) is 32.5 Å². The molecule has 0 saturated carbocycles. The van der Waals surface area contributed by atoms with Crippen LogP contribution in [0, 0.1) is 13.8 Å². The lowest BCUT2D eigenvalue weighted by Gasteiger charge is -2.12. The Kier molecular flexibility index (Phi) is 6.12. The van der Waals surface area contributed by atoms with Crippen LogP contribution in [0.2, 0.25) is 0 Å². The van der Waals surface area contributed by atoms with Crippen molar-refractivity contribution < 1.29 is 9.53 Å². The Morgan fingerprint density at radius 1 is 1.03 bits per heavy atom. The van der Waals surface area contributed by atoms with Crippen molar-refractivity contribution in [3.05, 3.63) is 84.2 Å². The van der Waals surface area contributed by atoms with Crippen molar-refractivity contribution in [2.24, 2.45) is 0 Å². The number of imidazole rings is 1. The summed E-state index contributed by atoms with van der Waals surface area (Å²) in [7, 11) is 0. The van der Waals surface area contributed by atoms with Crippen LogP contribution in [0.4, 0.5) is 16.2 Å². The fourth-order valence-electron chi connectivity index (χ4n) is 3.28. The lowest BCUT2D eigenvalue weighted by molar-refractivity contribution is 0.262. The number of anilines is 2. The average molecular weight is 428 g/mol. The molecule has 2 heterocycles. The van der Waals surface area contributed by atoms with Crippen molar-refractivity contribution in [1.82, 2.24) is 19.5 Å². The van der Waals surface area contributed by atoms with E-state index in [-0.39, 0.29) is 6.03 Å². The summed E-state index contributed by atoms with van der Waals surface area (Å²) >= 11 is 0. The summed E-state index contributed by atoms with van der Waals surface area (Å²) in [6, 6.07) is 16.3. The van der Waals surface area contributed by atoms with Crippen LogP contribution in [0.3, 0.4) is 0 Å². The minimum absolute atomic E-state index is 0.300. The van der Waals surface area contributed by atoms with Crippen LogP contribution >= 0.6 is 0 Å². The summed E-state index contributed by atoms with van der Waals surface area (Å²) in [5.74, 6) is 3.12. The fraction of sp³-hybridized carbons (Fsp3) is 0.167. The summed E-state index contributed by atoms with van der Waals surface area (Å²) in [5, 5.41) is 5.72. The molecule has 4 aromatic rings. The van der Waals surface area contributed by atoms with E-state index in [0.29, 0.717) is 29.0 Å². The predicted octanol–water partition coefficient (Wildman–Crippen LogP) is 5.28. The molecule has 0 radical (unpaired) electrons. The van der Waals surface area contributed by atoms with Gasteiger partial charge in [0.25, 0.3) is 0 Å². The van der Waals surface area contributed by atoms with Crippen molar-refractivity contribution in [2.75, 3.05) is 10.6 Å². The van der Waals surface area contributed by atoms with Gasteiger partial charge in [-0.15, -0.1) is 0 Å². The summed E-state index contributed by atoms with van der Waals surface area (Å²) in [6.45, 7) is 5.77. The summed E-state index contributed by atoms with van der Waals surface area (Å²) in [5.41, 5.74) is 2.53. The van der Waals surface area contributed by atoms with Crippen molar-refractivity contribution in [3.63, 3.8) is 0 Å². The first kappa shape index (κ1) is 21.0. The number of nitrogens with zero attached hydrogens (tertiary/aromatic N) is 4. The van der Waals surface area contributed by atoms with E-state index in [1.165, 1.54) is 0 Å².